The molecule has 1 aromatic carbocycles. The number of carbonyl (C=O) groups excluding carboxylic acids is 1. The summed E-state index contributed by atoms with van der Waals surface area (Å²) in [6, 6.07) is 3.57. The van der Waals surface area contributed by atoms with Gasteiger partial charge in [-0.05, 0) is 31.5 Å². The van der Waals surface area contributed by atoms with Gasteiger partial charge in [0.2, 0.25) is 6.29 Å². The molecule has 1 saturated heterocycles. The highest BCUT2D eigenvalue weighted by Crippen LogP contribution is 2.33. The maximum absolute atomic E-state index is 11.6. The van der Waals surface area contributed by atoms with E-state index in [1.165, 1.54) is 0 Å². The average Bonchev–Trinajstić information content (AvgIpc) is 2.71. The number of carbonyl (C=O) groups is 1. The van der Waals surface area contributed by atoms with Crippen molar-refractivity contribution in [2.75, 3.05) is 31.1 Å². The molecule has 22 heavy (non-hydrogen) atoms. The fourth-order valence-corrected chi connectivity index (χ4v) is 3.37. The van der Waals surface area contributed by atoms with Gasteiger partial charge in [-0.15, -0.1) is 0 Å². The van der Waals surface area contributed by atoms with Gasteiger partial charge >= 0.3 is 5.97 Å². The summed E-state index contributed by atoms with van der Waals surface area (Å²) in [5.74, 6) is -0.233. The molecule has 1 fully saturated rings. The number of hydrogen-bond donors (Lipinski definition) is 2. The number of anilines is 1. The van der Waals surface area contributed by atoms with Crippen molar-refractivity contribution in [3.63, 3.8) is 0 Å². The third-order valence-electron chi connectivity index (χ3n) is 3.61. The summed E-state index contributed by atoms with van der Waals surface area (Å²) in [5, 5.41) is 1.18. The number of rotatable bonds is 4. The van der Waals surface area contributed by atoms with Crippen LogP contribution in [0.15, 0.2) is 12.1 Å². The fraction of sp³-hybridized carbons (Fsp3) is 0.500. The highest BCUT2D eigenvalue weighted by molar-refractivity contribution is 6.36. The lowest BCUT2D eigenvalue weighted by Gasteiger charge is -2.26. The number of benzene rings is 1. The zero-order valence-corrected chi connectivity index (χ0v) is 15.6. The first kappa shape index (κ1) is 19.5. The molecule has 0 amide bonds. The standard InChI is InChI=1S/C14H19Cl2N3O2.BrH/c1-3-21-12(20)8-18-4-5-19(14(18)17)13-9(2)6-10(15)7-11(13)16;/h6-7,14H,3-5,8,17H2,1-2H3;1H. The van der Waals surface area contributed by atoms with Crippen LogP contribution in [0.1, 0.15) is 12.5 Å². The molecule has 3 N–H and O–H groups in total. The minimum Gasteiger partial charge on any atom is -1.00 e. The third kappa shape index (κ3) is 4.26. The Balaban J connectivity index is 0.00000242. The Morgan fingerprint density at radius 2 is 2.18 bits per heavy atom. The van der Waals surface area contributed by atoms with Crippen LogP contribution in [-0.2, 0) is 9.53 Å². The molecule has 1 aliphatic rings. The number of esters is 1. The summed E-state index contributed by atoms with van der Waals surface area (Å²) in [5.41, 5.74) is 8.12. The van der Waals surface area contributed by atoms with Crippen molar-refractivity contribution in [2.24, 2.45) is 5.73 Å². The van der Waals surface area contributed by atoms with Gasteiger partial charge < -0.3 is 26.6 Å². The first-order valence-corrected chi connectivity index (χ1v) is 7.67. The van der Waals surface area contributed by atoms with Crippen LogP contribution in [0.2, 0.25) is 10.0 Å². The van der Waals surface area contributed by atoms with Gasteiger partial charge in [-0.1, -0.05) is 23.2 Å². The molecule has 0 spiro atoms. The van der Waals surface area contributed by atoms with Crippen LogP contribution in [-0.4, -0.2) is 38.5 Å². The van der Waals surface area contributed by atoms with E-state index in [9.17, 15) is 4.79 Å². The highest BCUT2D eigenvalue weighted by Gasteiger charge is 2.36. The van der Waals surface area contributed by atoms with E-state index in [0.717, 1.165) is 29.2 Å². The summed E-state index contributed by atoms with van der Waals surface area (Å²) >= 11 is 12.3. The van der Waals surface area contributed by atoms with E-state index in [0.29, 0.717) is 16.7 Å². The second kappa shape index (κ2) is 8.36. The molecule has 1 aliphatic heterocycles. The van der Waals surface area contributed by atoms with Crippen LogP contribution in [0, 0.1) is 6.92 Å². The monoisotopic (exact) mass is 411 g/mol. The third-order valence-corrected chi connectivity index (χ3v) is 4.12. The molecular weight excluding hydrogens is 393 g/mol. The lowest BCUT2D eigenvalue weighted by molar-refractivity contribution is -0.903. The van der Waals surface area contributed by atoms with Crippen LogP contribution in [0.5, 0.6) is 0 Å². The molecule has 5 nitrogen and oxygen atoms in total. The summed E-state index contributed by atoms with van der Waals surface area (Å²) in [7, 11) is 0. The van der Waals surface area contributed by atoms with E-state index in [1.807, 2.05) is 17.9 Å². The SMILES string of the molecule is CCOC(=O)C[NH+]1CCN(c2c(C)cc(Cl)cc2Cl)C1N.[Br-]. The summed E-state index contributed by atoms with van der Waals surface area (Å²) in [4.78, 5) is 14.6. The predicted molar refractivity (Wildman–Crippen MR) is 83.9 cm³/mol. The van der Waals surface area contributed by atoms with E-state index in [2.05, 4.69) is 0 Å². The number of hydrogen-bond acceptors (Lipinski definition) is 4. The van der Waals surface area contributed by atoms with Gasteiger partial charge in [-0.25, -0.2) is 4.79 Å². The molecule has 2 rings (SSSR count). The Morgan fingerprint density at radius 3 is 2.77 bits per heavy atom. The minimum absolute atomic E-state index is 0. The molecular formula is C14H20BrCl2N3O2. The zero-order valence-electron chi connectivity index (χ0n) is 12.5. The summed E-state index contributed by atoms with van der Waals surface area (Å²) in [6.07, 6.45) is -0.327. The number of quaternary nitrogens is 1. The first-order valence-electron chi connectivity index (χ1n) is 6.92. The smallest absolute Gasteiger partial charge is 0.361 e. The van der Waals surface area contributed by atoms with Gasteiger partial charge in [0.15, 0.2) is 6.54 Å². The Hall–Kier alpha value is -0.530. The normalized spacial score (nSPS) is 20.7. The fourth-order valence-electron chi connectivity index (χ4n) is 2.67. The van der Waals surface area contributed by atoms with Crippen molar-refractivity contribution in [1.82, 2.24) is 0 Å². The van der Waals surface area contributed by atoms with Gasteiger partial charge in [0.25, 0.3) is 0 Å². The van der Waals surface area contributed by atoms with E-state index in [1.54, 1.807) is 13.0 Å². The van der Waals surface area contributed by atoms with Crippen molar-refractivity contribution in [3.8, 4) is 0 Å². The Kier molecular flexibility index (Phi) is 7.41. The molecule has 0 saturated carbocycles. The molecule has 8 heteroatoms. The van der Waals surface area contributed by atoms with E-state index in [-0.39, 0.29) is 35.8 Å². The van der Waals surface area contributed by atoms with E-state index < -0.39 is 0 Å². The van der Waals surface area contributed by atoms with Crippen molar-refractivity contribution >= 4 is 34.9 Å². The second-order valence-electron chi connectivity index (χ2n) is 5.08. The number of nitrogens with two attached hydrogens (primary N) is 1. The molecule has 0 bridgehead atoms. The lowest BCUT2D eigenvalue weighted by atomic mass is 10.2. The van der Waals surface area contributed by atoms with E-state index in [4.69, 9.17) is 33.7 Å². The van der Waals surface area contributed by atoms with Crippen molar-refractivity contribution < 1.29 is 31.4 Å². The topological polar surface area (TPSA) is 60.0 Å². The van der Waals surface area contributed by atoms with Gasteiger partial charge in [-0.2, -0.15) is 0 Å². The highest BCUT2D eigenvalue weighted by atomic mass is 79.9. The Morgan fingerprint density at radius 1 is 1.50 bits per heavy atom. The molecule has 0 aliphatic carbocycles. The van der Waals surface area contributed by atoms with Gasteiger partial charge in [0.05, 0.1) is 30.4 Å². The van der Waals surface area contributed by atoms with Crippen LogP contribution in [0.3, 0.4) is 0 Å². The minimum atomic E-state index is -0.327. The quantitative estimate of drug-likeness (QED) is 0.552. The lowest BCUT2D eigenvalue weighted by Crippen LogP contribution is -3.17. The summed E-state index contributed by atoms with van der Waals surface area (Å²) < 4.78 is 4.98. The van der Waals surface area contributed by atoms with Crippen molar-refractivity contribution in [2.45, 2.75) is 20.1 Å². The molecule has 1 heterocycles. The Labute approximate surface area is 151 Å². The molecule has 2 unspecified atom stereocenters. The number of nitrogens with one attached hydrogen (secondary N) is 1. The largest absolute Gasteiger partial charge is 1.00 e. The maximum Gasteiger partial charge on any atom is 0.361 e. The number of aryl methyl sites for hydroxylation is 1. The van der Waals surface area contributed by atoms with Gasteiger partial charge in [0, 0.05) is 5.02 Å². The second-order valence-corrected chi connectivity index (χ2v) is 5.93. The van der Waals surface area contributed by atoms with Gasteiger partial charge in [-0.3, -0.25) is 10.6 Å². The molecule has 2 atom stereocenters. The van der Waals surface area contributed by atoms with E-state index >= 15 is 0 Å². The van der Waals surface area contributed by atoms with Crippen LogP contribution >= 0.6 is 23.2 Å². The number of halogens is 3. The van der Waals surface area contributed by atoms with Crippen molar-refractivity contribution in [1.29, 1.82) is 0 Å². The molecule has 1 aromatic rings. The van der Waals surface area contributed by atoms with Crippen LogP contribution in [0.25, 0.3) is 0 Å². The van der Waals surface area contributed by atoms with Crippen LogP contribution in [0.4, 0.5) is 5.69 Å². The predicted octanol–water partition coefficient (Wildman–Crippen LogP) is -2.18. The zero-order chi connectivity index (χ0) is 15.6. The maximum atomic E-state index is 11.6. The summed E-state index contributed by atoms with van der Waals surface area (Å²) in [6.45, 7) is 5.88. The molecule has 0 aromatic heterocycles. The van der Waals surface area contributed by atoms with Crippen LogP contribution < -0.4 is 32.5 Å². The van der Waals surface area contributed by atoms with Gasteiger partial charge in [0.1, 0.15) is 0 Å². The Bertz CT molecular complexity index is 522. The number of nitrogens with zero attached hydrogens (tertiary/aromatic N) is 1. The molecule has 124 valence electrons. The van der Waals surface area contributed by atoms with Crippen molar-refractivity contribution in [3.05, 3.63) is 27.7 Å². The molecule has 0 radical (unpaired) electrons. The first-order chi connectivity index (χ1) is 9.93. The number of ether oxygens (including phenoxy) is 1. The average molecular weight is 413 g/mol.